The maximum absolute atomic E-state index is 13.5. The summed E-state index contributed by atoms with van der Waals surface area (Å²) in [6, 6.07) is 19.9. The quantitative estimate of drug-likeness (QED) is 0.546. The molecule has 1 heterocycles. The van der Waals surface area contributed by atoms with Crippen molar-refractivity contribution in [1.29, 1.82) is 0 Å². The Morgan fingerprint density at radius 3 is 2.44 bits per heavy atom. The van der Waals surface area contributed by atoms with Gasteiger partial charge in [-0.15, -0.1) is 0 Å². The molecule has 1 amide bonds. The fourth-order valence-electron chi connectivity index (χ4n) is 4.11. The number of sulfonamides is 1. The van der Waals surface area contributed by atoms with Gasteiger partial charge >= 0.3 is 0 Å². The van der Waals surface area contributed by atoms with E-state index in [1.165, 1.54) is 15.4 Å². The number of nitrogens with zero attached hydrogens (tertiary/aromatic N) is 1. The van der Waals surface area contributed by atoms with E-state index in [2.05, 4.69) is 37.4 Å². The normalized spacial score (nSPS) is 15.4. The number of para-hydroxylation sites is 2. The molecule has 0 fully saturated rings. The first kappa shape index (κ1) is 23.8. The predicted octanol–water partition coefficient (Wildman–Crippen LogP) is 4.39. The molecule has 3 aromatic rings. The topological polar surface area (TPSA) is 75.7 Å². The van der Waals surface area contributed by atoms with Crippen molar-refractivity contribution in [3.05, 3.63) is 89.0 Å². The number of benzene rings is 3. The van der Waals surface area contributed by atoms with Gasteiger partial charge in [0.1, 0.15) is 5.75 Å². The van der Waals surface area contributed by atoms with Crippen molar-refractivity contribution >= 4 is 21.6 Å². The van der Waals surface area contributed by atoms with Crippen LogP contribution in [0.4, 0.5) is 5.69 Å². The van der Waals surface area contributed by atoms with Crippen molar-refractivity contribution in [1.82, 2.24) is 5.32 Å². The van der Waals surface area contributed by atoms with E-state index < -0.39 is 16.1 Å². The van der Waals surface area contributed by atoms with Gasteiger partial charge in [-0.2, -0.15) is 0 Å². The lowest BCUT2D eigenvalue weighted by molar-refractivity contribution is -0.127. The summed E-state index contributed by atoms with van der Waals surface area (Å²) < 4.78 is 34.2. The summed E-state index contributed by atoms with van der Waals surface area (Å²) >= 11 is 0. The minimum Gasteiger partial charge on any atom is -0.476 e. The maximum Gasteiger partial charge on any atom is 0.264 e. The number of aryl methyl sites for hydroxylation is 3. The van der Waals surface area contributed by atoms with Crippen molar-refractivity contribution in [3.8, 4) is 5.75 Å². The Morgan fingerprint density at radius 2 is 1.74 bits per heavy atom. The van der Waals surface area contributed by atoms with E-state index in [0.29, 0.717) is 18.0 Å². The summed E-state index contributed by atoms with van der Waals surface area (Å²) in [5.41, 5.74) is 4.85. The Labute approximate surface area is 201 Å². The molecule has 1 unspecified atom stereocenters. The Bertz CT molecular complexity index is 1290. The first-order chi connectivity index (χ1) is 16.3. The van der Waals surface area contributed by atoms with Gasteiger partial charge in [-0.1, -0.05) is 61.9 Å². The Hall–Kier alpha value is -3.32. The highest BCUT2D eigenvalue weighted by molar-refractivity contribution is 7.92. The maximum atomic E-state index is 13.5. The Kier molecular flexibility index (Phi) is 6.93. The van der Waals surface area contributed by atoms with Crippen LogP contribution < -0.4 is 14.4 Å². The number of ether oxygens (including phenoxy) is 1. The van der Waals surface area contributed by atoms with Gasteiger partial charge in [-0.25, -0.2) is 8.42 Å². The predicted molar refractivity (Wildman–Crippen MR) is 134 cm³/mol. The van der Waals surface area contributed by atoms with E-state index in [1.54, 1.807) is 48.5 Å². The van der Waals surface area contributed by atoms with Gasteiger partial charge in [0.25, 0.3) is 15.9 Å². The van der Waals surface area contributed by atoms with Crippen LogP contribution in [0.2, 0.25) is 0 Å². The monoisotopic (exact) mass is 478 g/mol. The van der Waals surface area contributed by atoms with Crippen LogP contribution in [0.5, 0.6) is 5.75 Å². The molecule has 6 nitrogen and oxygen atoms in total. The second-order valence-electron chi connectivity index (χ2n) is 8.45. The zero-order chi connectivity index (χ0) is 24.3. The van der Waals surface area contributed by atoms with E-state index in [1.807, 2.05) is 6.92 Å². The van der Waals surface area contributed by atoms with E-state index in [-0.39, 0.29) is 17.3 Å². The first-order valence-electron chi connectivity index (χ1n) is 11.6. The summed E-state index contributed by atoms with van der Waals surface area (Å²) in [6.45, 7) is 6.35. The average Bonchev–Trinajstić information content (AvgIpc) is 2.86. The van der Waals surface area contributed by atoms with Crippen LogP contribution >= 0.6 is 0 Å². The molecule has 1 aliphatic heterocycles. The lowest BCUT2D eigenvalue weighted by Crippen LogP contribution is -2.50. The van der Waals surface area contributed by atoms with E-state index in [4.69, 9.17) is 4.74 Å². The number of hydrogen-bond acceptors (Lipinski definition) is 4. The molecule has 0 bridgehead atoms. The molecule has 1 atom stereocenters. The number of anilines is 1. The van der Waals surface area contributed by atoms with E-state index >= 15 is 0 Å². The zero-order valence-electron chi connectivity index (χ0n) is 19.7. The van der Waals surface area contributed by atoms with Gasteiger partial charge in [-0.3, -0.25) is 9.10 Å². The molecule has 1 N–H and O–H groups in total. The van der Waals surface area contributed by atoms with Crippen LogP contribution in [0.1, 0.15) is 36.1 Å². The zero-order valence-corrected chi connectivity index (χ0v) is 20.6. The summed E-state index contributed by atoms with van der Waals surface area (Å²) in [7, 11) is -3.87. The van der Waals surface area contributed by atoms with Gasteiger partial charge in [-0.05, 0) is 60.7 Å². The molecule has 0 spiro atoms. The molecule has 34 heavy (non-hydrogen) atoms. The van der Waals surface area contributed by atoms with Crippen LogP contribution in [0, 0.1) is 6.92 Å². The average molecular weight is 479 g/mol. The van der Waals surface area contributed by atoms with Crippen LogP contribution in [0.3, 0.4) is 0 Å². The molecular formula is C27H30N2O4S. The van der Waals surface area contributed by atoms with Gasteiger partial charge in [0.05, 0.1) is 17.1 Å². The highest BCUT2D eigenvalue weighted by Gasteiger charge is 2.37. The van der Waals surface area contributed by atoms with Crippen molar-refractivity contribution in [2.24, 2.45) is 0 Å². The van der Waals surface area contributed by atoms with Crippen LogP contribution in [-0.2, 0) is 34.2 Å². The fraction of sp³-hybridized carbons (Fsp3) is 0.296. The molecule has 4 rings (SSSR count). The Morgan fingerprint density at radius 1 is 1.00 bits per heavy atom. The summed E-state index contributed by atoms with van der Waals surface area (Å²) in [6.07, 6.45) is 0.819. The van der Waals surface area contributed by atoms with Crippen LogP contribution in [0.15, 0.2) is 71.6 Å². The number of fused-ring (bicyclic) bond motifs is 1. The highest BCUT2D eigenvalue weighted by Crippen LogP contribution is 2.36. The Balaban J connectivity index is 1.58. The van der Waals surface area contributed by atoms with E-state index in [0.717, 1.165) is 24.0 Å². The van der Waals surface area contributed by atoms with Crippen LogP contribution in [0.25, 0.3) is 0 Å². The van der Waals surface area contributed by atoms with Gasteiger partial charge in [0, 0.05) is 6.54 Å². The second-order valence-corrected chi connectivity index (χ2v) is 10.3. The molecule has 1 aliphatic rings. The first-order valence-corrected chi connectivity index (χ1v) is 13.0. The minimum absolute atomic E-state index is 0.102. The second kappa shape index (κ2) is 9.89. The number of carbonyl (C=O) groups excluding carboxylic acids is 1. The van der Waals surface area contributed by atoms with Crippen molar-refractivity contribution in [3.63, 3.8) is 0 Å². The van der Waals surface area contributed by atoms with Gasteiger partial charge in [0.2, 0.25) is 0 Å². The third kappa shape index (κ3) is 4.80. The number of hydrogen-bond donors (Lipinski definition) is 1. The molecule has 0 saturated carbocycles. The number of rotatable bonds is 7. The fourth-order valence-corrected chi connectivity index (χ4v) is 5.58. The molecule has 0 radical (unpaired) electrons. The van der Waals surface area contributed by atoms with Crippen LogP contribution in [-0.4, -0.2) is 27.0 Å². The third-order valence-corrected chi connectivity index (χ3v) is 7.94. The highest BCUT2D eigenvalue weighted by atomic mass is 32.2. The SMILES string of the molecule is CCc1ccc(CC)c(CNC(=O)C2CN(S(=O)(=O)c3ccc(C)cc3)c3ccccc3O2)c1. The molecule has 3 aromatic carbocycles. The summed E-state index contributed by atoms with van der Waals surface area (Å²) in [5, 5.41) is 2.96. The van der Waals surface area contributed by atoms with Gasteiger partial charge in [0.15, 0.2) is 6.10 Å². The molecule has 178 valence electrons. The van der Waals surface area contributed by atoms with Crippen molar-refractivity contribution in [2.75, 3.05) is 10.8 Å². The summed E-state index contributed by atoms with van der Waals surface area (Å²) in [5.74, 6) is 0.0226. The van der Waals surface area contributed by atoms with Gasteiger partial charge < -0.3 is 10.1 Å². The van der Waals surface area contributed by atoms with Crippen molar-refractivity contribution < 1.29 is 17.9 Å². The molecule has 0 saturated heterocycles. The number of amides is 1. The molecule has 0 aliphatic carbocycles. The lowest BCUT2D eigenvalue weighted by atomic mass is 10.0. The number of nitrogens with one attached hydrogen (secondary N) is 1. The minimum atomic E-state index is -3.87. The smallest absolute Gasteiger partial charge is 0.264 e. The van der Waals surface area contributed by atoms with E-state index in [9.17, 15) is 13.2 Å². The molecular weight excluding hydrogens is 448 g/mol. The largest absolute Gasteiger partial charge is 0.476 e. The molecule has 0 aromatic heterocycles. The lowest BCUT2D eigenvalue weighted by Gasteiger charge is -2.34. The van der Waals surface area contributed by atoms with Crippen molar-refractivity contribution in [2.45, 2.75) is 51.2 Å². The third-order valence-electron chi connectivity index (χ3n) is 6.15. The summed E-state index contributed by atoms with van der Waals surface area (Å²) in [4.78, 5) is 13.3. The molecule has 7 heteroatoms. The number of carbonyl (C=O) groups is 1. The standard InChI is InChI=1S/C27H30N2O4S/c1-4-20-12-13-21(5-2)22(16-20)17-28-27(30)26-18-29(24-8-6-7-9-25(24)33-26)34(31,32)23-14-10-19(3)11-15-23/h6-16,26H,4-5,17-18H2,1-3H3,(H,28,30).